The minimum absolute atomic E-state index is 0.0933. The van der Waals surface area contributed by atoms with E-state index in [9.17, 15) is 9.90 Å². The lowest BCUT2D eigenvalue weighted by molar-refractivity contribution is -0.121. The number of phenolic OH excluding ortho intramolecular Hbond substituents is 1. The normalized spacial score (nSPS) is 18.2. The van der Waals surface area contributed by atoms with Crippen LogP contribution in [0.4, 0.5) is 5.69 Å². The molecule has 4 nitrogen and oxygen atoms in total. The van der Waals surface area contributed by atoms with Gasteiger partial charge in [0.1, 0.15) is 11.4 Å². The molecule has 1 amide bonds. The average molecular weight is 324 g/mol. The largest absolute Gasteiger partial charge is 0.506 e. The second-order valence-corrected chi connectivity index (χ2v) is 6.28. The first-order valence-electron chi connectivity index (χ1n) is 7.15. The Morgan fingerprint density at radius 3 is 2.61 bits per heavy atom. The van der Waals surface area contributed by atoms with E-state index < -0.39 is 0 Å². The molecule has 0 aliphatic carbocycles. The molecule has 116 valence electrons. The maximum absolute atomic E-state index is 12.3. The van der Waals surface area contributed by atoms with Crippen molar-refractivity contribution in [3.63, 3.8) is 0 Å². The lowest BCUT2D eigenvalue weighted by Crippen LogP contribution is -2.23. The second-order valence-electron chi connectivity index (χ2n) is 5.27. The quantitative estimate of drug-likeness (QED) is 0.852. The monoisotopic (exact) mass is 324 g/mol. The number of benzene rings is 2. The Morgan fingerprint density at radius 2 is 1.91 bits per heavy atom. The number of thioether (sulfide) groups is 1. The summed E-state index contributed by atoms with van der Waals surface area (Å²) in [5, 5.41) is 10.5. The Balaban J connectivity index is 1.92. The Bertz CT molecular complexity index is 813. The van der Waals surface area contributed by atoms with Crippen LogP contribution in [0.25, 0.3) is 6.08 Å². The molecule has 0 atom stereocenters. The third-order valence-corrected chi connectivity index (χ3v) is 4.51. The highest BCUT2D eigenvalue weighted by Gasteiger charge is 2.30. The number of carbonyl (C=O) groups is 1. The molecule has 1 fully saturated rings. The van der Waals surface area contributed by atoms with Gasteiger partial charge in [0.15, 0.2) is 5.17 Å². The fourth-order valence-electron chi connectivity index (χ4n) is 2.18. The van der Waals surface area contributed by atoms with Crippen molar-refractivity contribution in [1.29, 1.82) is 0 Å². The van der Waals surface area contributed by atoms with Crippen LogP contribution in [0, 0.1) is 6.92 Å². The highest BCUT2D eigenvalue weighted by atomic mass is 32.2. The number of aromatic hydroxyl groups is 1. The van der Waals surface area contributed by atoms with E-state index in [2.05, 4.69) is 4.99 Å². The molecule has 0 bridgehead atoms. The number of amides is 1. The van der Waals surface area contributed by atoms with Crippen LogP contribution in [0.3, 0.4) is 0 Å². The van der Waals surface area contributed by atoms with Gasteiger partial charge in [-0.3, -0.25) is 9.69 Å². The predicted octanol–water partition coefficient (Wildman–Crippen LogP) is 3.93. The van der Waals surface area contributed by atoms with E-state index in [0.29, 0.717) is 15.8 Å². The summed E-state index contributed by atoms with van der Waals surface area (Å²) >= 11 is 1.31. The highest BCUT2D eigenvalue weighted by molar-refractivity contribution is 8.18. The van der Waals surface area contributed by atoms with Crippen LogP contribution in [-0.2, 0) is 4.79 Å². The summed E-state index contributed by atoms with van der Waals surface area (Å²) in [6, 6.07) is 15.0. The summed E-state index contributed by atoms with van der Waals surface area (Å²) in [6.45, 7) is 1.90. The molecule has 1 N–H and O–H groups in total. The number of aryl methyl sites for hydroxylation is 1. The SMILES string of the molecule is Cc1ccc(N=C2S/C(=C\c3ccccc3)C(=O)N2C)c(O)c1. The molecular weight excluding hydrogens is 308 g/mol. The molecule has 1 aliphatic rings. The van der Waals surface area contributed by atoms with Gasteiger partial charge in [-0.1, -0.05) is 36.4 Å². The number of nitrogens with zero attached hydrogens (tertiary/aromatic N) is 2. The van der Waals surface area contributed by atoms with Gasteiger partial charge in [0.2, 0.25) is 0 Å². The van der Waals surface area contributed by atoms with Crippen LogP contribution in [-0.4, -0.2) is 28.1 Å². The number of hydrogen-bond acceptors (Lipinski definition) is 4. The summed E-state index contributed by atoms with van der Waals surface area (Å²) in [5.41, 5.74) is 2.38. The zero-order valence-corrected chi connectivity index (χ0v) is 13.7. The van der Waals surface area contributed by atoms with Crippen LogP contribution in [0.2, 0.25) is 0 Å². The number of likely N-dealkylation sites (N-methyl/N-ethyl adjacent to an activating group) is 1. The van der Waals surface area contributed by atoms with Gasteiger partial charge in [-0.25, -0.2) is 4.99 Å². The number of carbonyl (C=O) groups excluding carboxylic acids is 1. The number of aliphatic imine (C=N–C) groups is 1. The van der Waals surface area contributed by atoms with E-state index in [1.807, 2.05) is 49.4 Å². The van der Waals surface area contributed by atoms with Gasteiger partial charge in [0.05, 0.1) is 4.91 Å². The van der Waals surface area contributed by atoms with E-state index >= 15 is 0 Å². The smallest absolute Gasteiger partial charge is 0.266 e. The van der Waals surface area contributed by atoms with E-state index in [1.165, 1.54) is 16.7 Å². The minimum atomic E-state index is -0.0933. The van der Waals surface area contributed by atoms with Gasteiger partial charge >= 0.3 is 0 Å². The van der Waals surface area contributed by atoms with Crippen LogP contribution < -0.4 is 0 Å². The number of amidine groups is 1. The third kappa shape index (κ3) is 3.29. The first-order valence-corrected chi connectivity index (χ1v) is 7.97. The summed E-state index contributed by atoms with van der Waals surface area (Å²) in [7, 11) is 1.69. The van der Waals surface area contributed by atoms with Crippen molar-refractivity contribution in [2.24, 2.45) is 4.99 Å². The Kier molecular flexibility index (Phi) is 4.21. The van der Waals surface area contributed by atoms with Crippen molar-refractivity contribution in [3.8, 4) is 5.75 Å². The molecule has 1 saturated heterocycles. The molecule has 3 rings (SSSR count). The zero-order chi connectivity index (χ0) is 16.4. The standard InChI is InChI=1S/C18H16N2O2S/c1-12-8-9-14(15(21)10-12)19-18-20(2)17(22)16(23-18)11-13-6-4-3-5-7-13/h3-11,21H,1-2H3/b16-11-,19-18?. The topological polar surface area (TPSA) is 52.9 Å². The summed E-state index contributed by atoms with van der Waals surface area (Å²) in [6.07, 6.45) is 1.85. The zero-order valence-electron chi connectivity index (χ0n) is 12.9. The van der Waals surface area contributed by atoms with Crippen molar-refractivity contribution in [2.45, 2.75) is 6.92 Å². The van der Waals surface area contributed by atoms with Crippen LogP contribution in [0.5, 0.6) is 5.75 Å². The predicted molar refractivity (Wildman–Crippen MR) is 94.7 cm³/mol. The Morgan fingerprint density at radius 1 is 1.17 bits per heavy atom. The van der Waals surface area contributed by atoms with E-state index in [1.54, 1.807) is 19.2 Å². The summed E-state index contributed by atoms with van der Waals surface area (Å²) < 4.78 is 0. The van der Waals surface area contributed by atoms with Crippen molar-refractivity contribution < 1.29 is 9.90 Å². The fraction of sp³-hybridized carbons (Fsp3) is 0.111. The van der Waals surface area contributed by atoms with E-state index in [4.69, 9.17) is 0 Å². The van der Waals surface area contributed by atoms with Gasteiger partial charge in [-0.2, -0.15) is 0 Å². The molecule has 2 aromatic carbocycles. The molecule has 0 unspecified atom stereocenters. The van der Waals surface area contributed by atoms with Crippen molar-refractivity contribution in [2.75, 3.05) is 7.05 Å². The maximum atomic E-state index is 12.3. The number of hydrogen-bond donors (Lipinski definition) is 1. The second kappa shape index (κ2) is 6.30. The molecule has 0 spiro atoms. The molecule has 1 heterocycles. The molecule has 5 heteroatoms. The van der Waals surface area contributed by atoms with Crippen LogP contribution in [0.1, 0.15) is 11.1 Å². The molecule has 23 heavy (non-hydrogen) atoms. The average Bonchev–Trinajstić information content (AvgIpc) is 2.79. The van der Waals surface area contributed by atoms with Crippen molar-refractivity contribution in [1.82, 2.24) is 4.90 Å². The van der Waals surface area contributed by atoms with Gasteiger partial charge in [-0.15, -0.1) is 0 Å². The van der Waals surface area contributed by atoms with Gasteiger partial charge in [0, 0.05) is 7.05 Å². The van der Waals surface area contributed by atoms with Crippen LogP contribution in [0.15, 0.2) is 58.4 Å². The lowest BCUT2D eigenvalue weighted by Gasteiger charge is -2.08. The summed E-state index contributed by atoms with van der Waals surface area (Å²) in [4.78, 5) is 18.9. The molecule has 2 aromatic rings. The molecule has 1 aliphatic heterocycles. The van der Waals surface area contributed by atoms with Crippen molar-refractivity contribution >= 4 is 34.6 Å². The van der Waals surface area contributed by atoms with E-state index in [-0.39, 0.29) is 11.7 Å². The highest BCUT2D eigenvalue weighted by Crippen LogP contribution is 2.35. The first kappa shape index (κ1) is 15.4. The molecule has 0 saturated carbocycles. The number of rotatable bonds is 2. The Hall–Kier alpha value is -2.53. The third-order valence-electron chi connectivity index (χ3n) is 3.45. The molecule has 0 aromatic heterocycles. The first-order chi connectivity index (χ1) is 11.0. The number of phenols is 1. The fourth-order valence-corrected chi connectivity index (χ4v) is 3.16. The molecule has 0 radical (unpaired) electrons. The van der Waals surface area contributed by atoms with E-state index in [0.717, 1.165) is 11.1 Å². The van der Waals surface area contributed by atoms with Gasteiger partial charge in [0.25, 0.3) is 5.91 Å². The van der Waals surface area contributed by atoms with Gasteiger partial charge < -0.3 is 5.11 Å². The van der Waals surface area contributed by atoms with Gasteiger partial charge in [-0.05, 0) is 48.0 Å². The summed E-state index contributed by atoms with van der Waals surface area (Å²) in [5.74, 6) is 0.0173. The van der Waals surface area contributed by atoms with Crippen molar-refractivity contribution in [3.05, 3.63) is 64.6 Å². The minimum Gasteiger partial charge on any atom is -0.506 e. The maximum Gasteiger partial charge on any atom is 0.266 e. The lowest BCUT2D eigenvalue weighted by atomic mass is 10.2. The Labute approximate surface area is 139 Å². The van der Waals surface area contributed by atoms with Crippen LogP contribution >= 0.6 is 11.8 Å². The molecular formula is C18H16N2O2S.